The Morgan fingerprint density at radius 3 is 2.29 bits per heavy atom. The molecule has 1 heterocycles. The smallest absolute Gasteiger partial charge is 0.143 e. The molecule has 0 unspecified atom stereocenters. The Balaban J connectivity index is 1.71. The molecule has 21 heavy (non-hydrogen) atoms. The quantitative estimate of drug-likeness (QED) is 0.807. The van der Waals surface area contributed by atoms with Crippen molar-refractivity contribution in [3.8, 4) is 0 Å². The van der Waals surface area contributed by atoms with E-state index < -0.39 is 0 Å². The van der Waals surface area contributed by atoms with Gasteiger partial charge in [0.2, 0.25) is 0 Å². The molecule has 1 aromatic heterocycles. The Hall–Kier alpha value is -1.17. The van der Waals surface area contributed by atoms with Gasteiger partial charge in [-0.15, -0.1) is 0 Å². The van der Waals surface area contributed by atoms with Crippen LogP contribution in [0, 0.1) is 3.57 Å². The first-order valence-electron chi connectivity index (χ1n) is 7.58. The molecule has 3 nitrogen and oxygen atoms in total. The van der Waals surface area contributed by atoms with E-state index >= 15 is 0 Å². The molecule has 1 saturated carbocycles. The number of hydrogen-bond donors (Lipinski definition) is 1. The van der Waals surface area contributed by atoms with Gasteiger partial charge < -0.3 is 5.32 Å². The van der Waals surface area contributed by atoms with Crippen LogP contribution in [-0.4, -0.2) is 17.0 Å². The molecule has 1 N–H and O–H groups in total. The molecule has 2 aliphatic carbocycles. The summed E-state index contributed by atoms with van der Waals surface area (Å²) in [5, 5.41) is 3.24. The van der Waals surface area contributed by atoms with Crippen molar-refractivity contribution in [1.29, 1.82) is 0 Å². The fourth-order valence-electron chi connectivity index (χ4n) is 3.20. The third kappa shape index (κ3) is 2.43. The molecular weight excluding hydrogens is 373 g/mol. The van der Waals surface area contributed by atoms with Gasteiger partial charge in [0.25, 0.3) is 0 Å². The lowest BCUT2D eigenvalue weighted by atomic mass is 10.1. The Morgan fingerprint density at radius 2 is 1.71 bits per heavy atom. The second-order valence-electron chi connectivity index (χ2n) is 6.03. The van der Waals surface area contributed by atoms with Gasteiger partial charge in [0.05, 0.1) is 9.26 Å². The molecule has 1 aromatic carbocycles. The Kier molecular flexibility index (Phi) is 3.36. The predicted octanol–water partition coefficient (Wildman–Crippen LogP) is 3.88. The molecule has 0 radical (unpaired) electrons. The number of anilines is 1. The monoisotopic (exact) mass is 391 g/mol. The largest absolute Gasteiger partial charge is 0.372 e. The van der Waals surface area contributed by atoms with E-state index in [-0.39, 0.29) is 0 Å². The second-order valence-corrected chi connectivity index (χ2v) is 7.11. The van der Waals surface area contributed by atoms with Gasteiger partial charge in [-0.05, 0) is 59.4 Å². The zero-order valence-corrected chi connectivity index (χ0v) is 14.2. The van der Waals surface area contributed by atoms with Crippen molar-refractivity contribution in [1.82, 2.24) is 9.97 Å². The minimum absolute atomic E-state index is 0.434. The number of rotatable bonds is 3. The van der Waals surface area contributed by atoms with Crippen molar-refractivity contribution < 1.29 is 0 Å². The third-order valence-corrected chi connectivity index (χ3v) is 5.57. The van der Waals surface area contributed by atoms with E-state index in [9.17, 15) is 0 Å². The maximum Gasteiger partial charge on any atom is 0.143 e. The van der Waals surface area contributed by atoms with E-state index in [0.29, 0.717) is 11.8 Å². The van der Waals surface area contributed by atoms with Crippen molar-refractivity contribution in [2.75, 3.05) is 12.4 Å². The SMILES string of the molecule is CNc1nc(C2Cc3ccccc3C2)nc(C2CC2)c1I. The summed E-state index contributed by atoms with van der Waals surface area (Å²) in [6.45, 7) is 0. The van der Waals surface area contributed by atoms with Crippen molar-refractivity contribution in [2.24, 2.45) is 0 Å². The second kappa shape index (κ2) is 5.23. The number of benzene rings is 1. The lowest BCUT2D eigenvalue weighted by molar-refractivity contribution is 0.673. The molecule has 0 aliphatic heterocycles. The van der Waals surface area contributed by atoms with E-state index in [4.69, 9.17) is 9.97 Å². The molecular formula is C17H18IN3. The average Bonchev–Trinajstić information content (AvgIpc) is 3.25. The van der Waals surface area contributed by atoms with E-state index in [2.05, 4.69) is 52.2 Å². The van der Waals surface area contributed by atoms with Crippen LogP contribution in [0.2, 0.25) is 0 Å². The summed E-state index contributed by atoms with van der Waals surface area (Å²) >= 11 is 2.39. The van der Waals surface area contributed by atoms with Crippen LogP contribution in [0.1, 0.15) is 47.3 Å². The highest BCUT2D eigenvalue weighted by Crippen LogP contribution is 2.43. The van der Waals surface area contributed by atoms with Crippen LogP contribution in [-0.2, 0) is 12.8 Å². The normalized spacial score (nSPS) is 17.8. The summed E-state index contributed by atoms with van der Waals surface area (Å²) in [6, 6.07) is 8.74. The molecule has 2 aliphatic rings. The van der Waals surface area contributed by atoms with Crippen molar-refractivity contribution in [2.45, 2.75) is 37.5 Å². The van der Waals surface area contributed by atoms with Crippen molar-refractivity contribution in [3.63, 3.8) is 0 Å². The summed E-state index contributed by atoms with van der Waals surface area (Å²) in [5.41, 5.74) is 4.19. The highest BCUT2D eigenvalue weighted by molar-refractivity contribution is 14.1. The van der Waals surface area contributed by atoms with Crippen LogP contribution < -0.4 is 5.32 Å². The zero-order chi connectivity index (χ0) is 14.4. The Labute approximate surface area is 138 Å². The lowest BCUT2D eigenvalue weighted by Crippen LogP contribution is -2.11. The number of nitrogens with one attached hydrogen (secondary N) is 1. The number of halogens is 1. The summed E-state index contributed by atoms with van der Waals surface area (Å²) in [4.78, 5) is 9.75. The standard InChI is InChI=1S/C17H18IN3/c1-19-17-14(18)15(10-6-7-10)20-16(21-17)13-8-11-4-2-3-5-12(11)9-13/h2-5,10,13H,6-9H2,1H3,(H,19,20,21). The molecule has 2 aromatic rings. The minimum Gasteiger partial charge on any atom is -0.372 e. The van der Waals surface area contributed by atoms with Crippen LogP contribution in [0.4, 0.5) is 5.82 Å². The van der Waals surface area contributed by atoms with Gasteiger partial charge in [-0.3, -0.25) is 0 Å². The van der Waals surface area contributed by atoms with Gasteiger partial charge in [0.1, 0.15) is 11.6 Å². The first-order valence-corrected chi connectivity index (χ1v) is 8.66. The third-order valence-electron chi connectivity index (χ3n) is 4.51. The Morgan fingerprint density at radius 1 is 1.05 bits per heavy atom. The molecule has 0 spiro atoms. The fraction of sp³-hybridized carbons (Fsp3) is 0.412. The van der Waals surface area contributed by atoms with Crippen LogP contribution in [0.5, 0.6) is 0 Å². The number of nitrogens with zero attached hydrogens (tertiary/aromatic N) is 2. The molecule has 0 amide bonds. The van der Waals surface area contributed by atoms with Crippen LogP contribution >= 0.6 is 22.6 Å². The van der Waals surface area contributed by atoms with E-state index in [1.807, 2.05) is 7.05 Å². The number of fused-ring (bicyclic) bond motifs is 1. The van der Waals surface area contributed by atoms with E-state index in [1.54, 1.807) is 0 Å². The number of aromatic nitrogens is 2. The summed E-state index contributed by atoms with van der Waals surface area (Å²) in [6.07, 6.45) is 4.70. The van der Waals surface area contributed by atoms with Crippen LogP contribution in [0.3, 0.4) is 0 Å². The van der Waals surface area contributed by atoms with Gasteiger partial charge in [-0.1, -0.05) is 24.3 Å². The minimum atomic E-state index is 0.434. The van der Waals surface area contributed by atoms with Gasteiger partial charge in [0, 0.05) is 18.9 Å². The van der Waals surface area contributed by atoms with Crippen LogP contribution in [0.25, 0.3) is 0 Å². The zero-order valence-electron chi connectivity index (χ0n) is 12.1. The van der Waals surface area contributed by atoms with E-state index in [1.165, 1.54) is 33.2 Å². The molecule has 1 fully saturated rings. The maximum absolute atomic E-state index is 4.95. The summed E-state index contributed by atoms with van der Waals surface area (Å²) in [5.74, 6) is 3.12. The molecule has 108 valence electrons. The van der Waals surface area contributed by atoms with Crippen LogP contribution in [0.15, 0.2) is 24.3 Å². The molecule has 0 bridgehead atoms. The summed E-state index contributed by atoms with van der Waals surface area (Å²) in [7, 11) is 1.95. The van der Waals surface area contributed by atoms with Crippen molar-refractivity contribution in [3.05, 3.63) is 50.5 Å². The highest BCUT2D eigenvalue weighted by atomic mass is 127. The lowest BCUT2D eigenvalue weighted by Gasteiger charge is -2.14. The number of hydrogen-bond acceptors (Lipinski definition) is 3. The highest BCUT2D eigenvalue weighted by Gasteiger charge is 2.32. The first kappa shape index (κ1) is 13.5. The molecule has 4 heteroatoms. The Bertz CT molecular complexity index is 669. The molecule has 4 rings (SSSR count). The van der Waals surface area contributed by atoms with E-state index in [0.717, 1.165) is 24.5 Å². The predicted molar refractivity (Wildman–Crippen MR) is 92.9 cm³/mol. The average molecular weight is 391 g/mol. The molecule has 0 atom stereocenters. The van der Waals surface area contributed by atoms with Gasteiger partial charge in [-0.2, -0.15) is 0 Å². The van der Waals surface area contributed by atoms with Gasteiger partial charge >= 0.3 is 0 Å². The van der Waals surface area contributed by atoms with Gasteiger partial charge in [-0.25, -0.2) is 9.97 Å². The maximum atomic E-state index is 4.95. The first-order chi connectivity index (χ1) is 10.3. The van der Waals surface area contributed by atoms with Gasteiger partial charge in [0.15, 0.2) is 0 Å². The van der Waals surface area contributed by atoms with Crippen molar-refractivity contribution >= 4 is 28.4 Å². The fourth-order valence-corrected chi connectivity index (χ4v) is 4.15. The summed E-state index contributed by atoms with van der Waals surface area (Å²) < 4.78 is 1.21. The topological polar surface area (TPSA) is 37.8 Å². The molecule has 0 saturated heterocycles.